The highest BCUT2D eigenvalue weighted by Gasteiger charge is 2.66. The number of benzene rings is 1. The Morgan fingerprint density at radius 1 is 1.23 bits per heavy atom. The number of Topliss-reactive ketones (excluding diaryl/α,β-unsaturated/α-hetero) is 1. The molecule has 0 saturated carbocycles. The zero-order valence-electron chi connectivity index (χ0n) is 25.7. The van der Waals surface area contributed by atoms with E-state index in [1.165, 1.54) is 5.56 Å². The normalized spacial score (nSPS) is 29.3. The molecule has 0 aromatic heterocycles. The largest absolute Gasteiger partial charge is 0.511 e. The van der Waals surface area contributed by atoms with E-state index in [1.807, 2.05) is 27.7 Å². The van der Waals surface area contributed by atoms with Crippen molar-refractivity contribution >= 4 is 23.0 Å². The Bertz CT molecular complexity index is 1510. The Morgan fingerprint density at radius 3 is 2.38 bits per heavy atom. The van der Waals surface area contributed by atoms with Crippen LogP contribution < -0.4 is 10.6 Å². The molecule has 0 heterocycles. The van der Waals surface area contributed by atoms with Gasteiger partial charge in [0.25, 0.3) is 5.91 Å². The lowest BCUT2D eigenvalue weighted by molar-refractivity contribution is -0.140. The number of rotatable bonds is 4. The van der Waals surface area contributed by atoms with Gasteiger partial charge in [-0.05, 0) is 96.8 Å². The van der Waals surface area contributed by atoms with Crippen molar-refractivity contribution in [2.24, 2.45) is 27.9 Å². The number of ketones is 1. The second-order valence-corrected chi connectivity index (χ2v) is 12.9. The number of allylic oxidation sites excluding steroid dienone is 5. The van der Waals surface area contributed by atoms with Crippen LogP contribution in [0.1, 0.15) is 83.1 Å². The van der Waals surface area contributed by atoms with E-state index < -0.39 is 22.5 Å². The number of anilines is 1. The maximum Gasteiger partial charge on any atom is 0.255 e. The summed E-state index contributed by atoms with van der Waals surface area (Å²) in [6.07, 6.45) is 2.81. The molecule has 0 bridgehead atoms. The summed E-state index contributed by atoms with van der Waals surface area (Å²) in [5.74, 6) is 4.77. The highest BCUT2D eigenvalue weighted by Crippen LogP contribution is 2.69. The molecule has 3 aliphatic rings. The number of primary amides is 1. The second-order valence-electron chi connectivity index (χ2n) is 12.9. The summed E-state index contributed by atoms with van der Waals surface area (Å²) in [4.78, 5) is 28.8. The molecule has 5 nitrogen and oxygen atoms in total. The van der Waals surface area contributed by atoms with Crippen LogP contribution in [0.3, 0.4) is 0 Å². The fraction of sp³-hybridized carbons (Fsp3) is 0.486. The first-order valence-corrected chi connectivity index (χ1v) is 14.2. The maximum atomic E-state index is 14.2. The summed E-state index contributed by atoms with van der Waals surface area (Å²) in [5, 5.41) is 11.3. The average Bonchev–Trinajstić information content (AvgIpc) is 2.85. The summed E-state index contributed by atoms with van der Waals surface area (Å²) in [6, 6.07) is 2.17. The molecule has 1 aromatic carbocycles. The number of hydrogen-bond acceptors (Lipinski definition) is 4. The monoisotopic (exact) mass is 540 g/mol. The molecule has 3 N–H and O–H groups in total. The van der Waals surface area contributed by atoms with Crippen molar-refractivity contribution in [2.45, 2.75) is 74.1 Å². The number of carbonyl (C=O) groups excluding carboxylic acids is 2. The number of fused-ring (bicyclic) bond motifs is 3. The molecule has 212 valence electrons. The van der Waals surface area contributed by atoms with Crippen LogP contribution in [-0.2, 0) is 16.0 Å². The topological polar surface area (TPSA) is 83.6 Å². The second kappa shape index (κ2) is 9.54. The Balaban J connectivity index is 2.06. The van der Waals surface area contributed by atoms with Crippen LogP contribution in [0.15, 0.2) is 47.3 Å². The van der Waals surface area contributed by atoms with Crippen molar-refractivity contribution in [1.29, 1.82) is 0 Å². The highest BCUT2D eigenvalue weighted by atomic mass is 16.3. The van der Waals surface area contributed by atoms with Gasteiger partial charge in [-0.25, -0.2) is 0 Å². The van der Waals surface area contributed by atoms with Gasteiger partial charge in [-0.1, -0.05) is 58.3 Å². The van der Waals surface area contributed by atoms with Crippen LogP contribution in [0, 0.1) is 40.9 Å². The van der Waals surface area contributed by atoms with Crippen LogP contribution in [0.5, 0.6) is 0 Å². The number of carbonyl (C=O) groups is 2. The van der Waals surface area contributed by atoms with Crippen molar-refractivity contribution in [3.8, 4) is 11.8 Å². The summed E-state index contributed by atoms with van der Waals surface area (Å²) in [5.41, 5.74) is 12.7. The fourth-order valence-electron chi connectivity index (χ4n) is 8.27. The Hall–Kier alpha value is -3.52. The van der Waals surface area contributed by atoms with Crippen LogP contribution in [0.2, 0.25) is 0 Å². The zero-order chi connectivity index (χ0) is 30.1. The van der Waals surface area contributed by atoms with Gasteiger partial charge in [0.2, 0.25) is 0 Å². The summed E-state index contributed by atoms with van der Waals surface area (Å²) < 4.78 is 0. The van der Waals surface area contributed by atoms with Gasteiger partial charge in [-0.3, -0.25) is 9.59 Å². The van der Waals surface area contributed by atoms with Gasteiger partial charge < -0.3 is 15.7 Å². The number of amides is 1. The predicted octanol–water partition coefficient (Wildman–Crippen LogP) is 6.59. The molecule has 0 fully saturated rings. The van der Waals surface area contributed by atoms with Gasteiger partial charge in [0.1, 0.15) is 11.3 Å². The Labute approximate surface area is 239 Å². The highest BCUT2D eigenvalue weighted by molar-refractivity contribution is 6.23. The first kappa shape index (κ1) is 29.5. The minimum absolute atomic E-state index is 0.156. The molecule has 0 saturated heterocycles. The van der Waals surface area contributed by atoms with Crippen molar-refractivity contribution in [1.82, 2.24) is 0 Å². The molecule has 1 unspecified atom stereocenters. The van der Waals surface area contributed by atoms with Crippen molar-refractivity contribution in [3.63, 3.8) is 0 Å². The van der Waals surface area contributed by atoms with E-state index in [1.54, 1.807) is 0 Å². The van der Waals surface area contributed by atoms with E-state index in [2.05, 4.69) is 70.8 Å². The summed E-state index contributed by atoms with van der Waals surface area (Å²) >= 11 is 0. The van der Waals surface area contributed by atoms with E-state index in [0.717, 1.165) is 57.5 Å². The minimum atomic E-state index is -1.02. The molecule has 0 spiro atoms. The van der Waals surface area contributed by atoms with E-state index in [-0.39, 0.29) is 22.7 Å². The molecule has 1 aromatic rings. The van der Waals surface area contributed by atoms with E-state index in [4.69, 9.17) is 5.73 Å². The minimum Gasteiger partial charge on any atom is -0.511 e. The Morgan fingerprint density at radius 2 is 1.85 bits per heavy atom. The smallest absolute Gasteiger partial charge is 0.255 e. The predicted molar refractivity (Wildman–Crippen MR) is 164 cm³/mol. The van der Waals surface area contributed by atoms with Gasteiger partial charge >= 0.3 is 0 Å². The molecule has 3 aliphatic carbocycles. The lowest BCUT2D eigenvalue weighted by atomic mass is 9.40. The third-order valence-corrected chi connectivity index (χ3v) is 10.4. The molecule has 1 amide bonds. The number of nitrogens with two attached hydrogens (primary N) is 1. The maximum absolute atomic E-state index is 14.2. The van der Waals surface area contributed by atoms with Crippen LogP contribution in [-0.4, -0.2) is 30.9 Å². The quantitative estimate of drug-likeness (QED) is 0.333. The van der Waals surface area contributed by atoms with Gasteiger partial charge in [0.05, 0.1) is 5.41 Å². The van der Waals surface area contributed by atoms with E-state index in [0.29, 0.717) is 12.8 Å². The molecule has 0 radical (unpaired) electrons. The molecule has 40 heavy (non-hydrogen) atoms. The number of hydrogen-bond donors (Lipinski definition) is 2. The first-order valence-electron chi connectivity index (χ1n) is 14.2. The van der Waals surface area contributed by atoms with E-state index >= 15 is 0 Å². The lowest BCUT2D eigenvalue weighted by Gasteiger charge is -2.62. The van der Waals surface area contributed by atoms with Crippen molar-refractivity contribution < 1.29 is 14.7 Å². The first-order chi connectivity index (χ1) is 18.5. The number of nitrogens with zero attached hydrogens (tertiary/aromatic N) is 1. The fourth-order valence-corrected chi connectivity index (χ4v) is 8.27. The summed E-state index contributed by atoms with van der Waals surface area (Å²) in [6.45, 7) is 23.2. The Kier molecular flexibility index (Phi) is 7.03. The molecular formula is C35H44N2O3. The zero-order valence-corrected chi connectivity index (χ0v) is 25.7. The van der Waals surface area contributed by atoms with E-state index in [9.17, 15) is 14.7 Å². The number of aliphatic hydroxyl groups is 1. The molecule has 0 aliphatic heterocycles. The van der Waals surface area contributed by atoms with Crippen LogP contribution >= 0.6 is 0 Å². The van der Waals surface area contributed by atoms with Gasteiger partial charge in [-0.15, -0.1) is 0 Å². The van der Waals surface area contributed by atoms with Gasteiger partial charge in [0, 0.05) is 31.3 Å². The number of aliphatic hydroxyl groups excluding tert-OH is 1. The van der Waals surface area contributed by atoms with Crippen molar-refractivity contribution in [2.75, 3.05) is 19.0 Å². The van der Waals surface area contributed by atoms with Crippen molar-refractivity contribution in [3.05, 3.63) is 69.5 Å². The average molecular weight is 541 g/mol. The lowest BCUT2D eigenvalue weighted by Crippen LogP contribution is -2.60. The summed E-state index contributed by atoms with van der Waals surface area (Å²) in [7, 11) is 4.10. The SMILES string of the molecule is C=C(C#Cc1cc(N(C)C)c2c(c1C)C(=C)C1=C(C)[C@]3(C)C(=O)C(C(N)=O)=C(O)C(CC)[C@]3(C)C[C@]1(C)C2)CC. The van der Waals surface area contributed by atoms with Crippen LogP contribution in [0.4, 0.5) is 5.69 Å². The van der Waals surface area contributed by atoms with Gasteiger partial charge in [0.15, 0.2) is 5.78 Å². The molecular weight excluding hydrogens is 496 g/mol. The van der Waals surface area contributed by atoms with Gasteiger partial charge in [-0.2, -0.15) is 0 Å². The third-order valence-electron chi connectivity index (χ3n) is 10.4. The molecule has 4 rings (SSSR count). The third kappa shape index (κ3) is 3.75. The van der Waals surface area contributed by atoms with Crippen LogP contribution in [0.25, 0.3) is 5.57 Å². The standard InChI is InChI=1S/C35H44N2O3/c1-12-19(3)14-15-23-16-26(37(10)11)24-17-33(7)18-34(8)25(13-2)30(38)28(32(36)40)31(39)35(34,9)22(6)29(33)21(5)27(24)20(23)4/h16,25,38H,3,5,12-13,17-18H2,1-2,4,6-11H3,(H2,36,40)/t25?,33-,34-,35+/m0/s1. The molecule has 5 heteroatoms. The molecule has 4 atom stereocenters.